The van der Waals surface area contributed by atoms with Gasteiger partial charge in [-0.15, -0.1) is 0 Å². The van der Waals surface area contributed by atoms with E-state index in [1.165, 1.54) is 0 Å². The van der Waals surface area contributed by atoms with Crippen molar-refractivity contribution in [1.82, 2.24) is 5.31 Å². The molecule has 0 fully saturated rings. The third-order valence-electron chi connectivity index (χ3n) is 0.344. The van der Waals surface area contributed by atoms with Gasteiger partial charge in [0, 0.05) is 0 Å². The molecule has 52 valence electrons. The molecule has 0 aliphatic rings. The predicted molar refractivity (Wildman–Crippen MR) is 25.8 cm³/mol. The van der Waals surface area contributed by atoms with Gasteiger partial charge in [0.05, 0.1) is 15.2 Å². The van der Waals surface area contributed by atoms with Crippen molar-refractivity contribution in [1.29, 1.82) is 0 Å². The van der Waals surface area contributed by atoms with Crippen LogP contribution in [0, 0.1) is 0 Å². The fraction of sp³-hybridized carbons (Fsp3) is 0.500. The summed E-state index contributed by atoms with van der Waals surface area (Å²) in [5.74, 6) is -4.62. The molecule has 4 N–H and O–H groups in total. The molecule has 9 heavy (non-hydrogen) atoms. The molecule has 0 aromatic heterocycles. The van der Waals surface area contributed by atoms with E-state index in [0.29, 0.717) is 0 Å². The molecule has 0 saturated heterocycles. The van der Waals surface area contributed by atoms with Crippen LogP contribution in [-0.2, 0) is 9.59 Å². The fourth-order valence-corrected chi connectivity index (χ4v) is 0.121. The number of quaternary nitrogens is 1. The van der Waals surface area contributed by atoms with Crippen molar-refractivity contribution < 1.29 is 31.5 Å². The summed E-state index contributed by atoms with van der Waals surface area (Å²) in [6.07, 6.45) is 0. The molecule has 0 aliphatic heterocycles. The van der Waals surface area contributed by atoms with Crippen molar-refractivity contribution in [3.63, 3.8) is 0 Å². The van der Waals surface area contributed by atoms with E-state index < -0.39 is 35.9 Å². The van der Waals surface area contributed by atoms with Crippen LogP contribution in [0.4, 0.5) is 0 Å². The normalized spacial score (nSPS) is 26.2. The summed E-state index contributed by atoms with van der Waals surface area (Å²) in [5, 5.41) is 9.37. The summed E-state index contributed by atoms with van der Waals surface area (Å²) in [7, 11) is 0. The van der Waals surface area contributed by atoms with Crippen molar-refractivity contribution in [2.45, 2.75) is 0 Å². The molecule has 0 spiro atoms. The lowest BCUT2D eigenvalue weighted by Gasteiger charge is -2.00. The quantitative estimate of drug-likeness (QED) is 0.417. The second kappa shape index (κ2) is 3.85. The maximum Gasteiger partial charge on any atom is 0.344 e. The topological polar surface area (TPSA) is 96.9 Å². The van der Waals surface area contributed by atoms with E-state index >= 15 is 0 Å². The predicted octanol–water partition coefficient (Wildman–Crippen LogP) is -3.91. The average Bonchev–Trinajstić information content (AvgIpc) is 2.13. The van der Waals surface area contributed by atoms with Gasteiger partial charge >= 0.3 is 4.24 Å². The number of carbonyl (C=O) groups is 2. The minimum Gasteiger partial charge on any atom is -0.548 e. The van der Waals surface area contributed by atoms with Gasteiger partial charge < -0.3 is 20.9 Å². The van der Waals surface area contributed by atoms with Crippen LogP contribution in [0.1, 0.15) is 5.48 Å². The number of aliphatic carboxylic acids is 1. The van der Waals surface area contributed by atoms with Crippen molar-refractivity contribution in [2.24, 2.45) is 0 Å². The third-order valence-corrected chi connectivity index (χ3v) is 0.344. The Kier molecular flexibility index (Phi) is 0.724. The van der Waals surface area contributed by atoms with Gasteiger partial charge in [0.15, 0.2) is 7.91 Å². The molecule has 0 heterocycles. The molecule has 0 aliphatic carbocycles. The van der Waals surface area contributed by atoms with E-state index in [1.54, 1.807) is 0 Å². The van der Waals surface area contributed by atoms with E-state index in [9.17, 15) is 14.7 Å². The van der Waals surface area contributed by atoms with Crippen LogP contribution >= 0.6 is 0 Å². The zero-order valence-electron chi connectivity index (χ0n) is 12.1. The molecule has 1 amide bonds. The van der Waals surface area contributed by atoms with Crippen LogP contribution in [-0.4, -0.2) is 24.9 Å². The first-order valence-electron chi connectivity index (χ1n) is 5.57. The molecule has 0 aromatic carbocycles. The minimum atomic E-state index is -3.64. The van der Waals surface area contributed by atoms with E-state index in [-0.39, 0.29) is 0 Å². The van der Waals surface area contributed by atoms with Crippen LogP contribution in [0.5, 0.6) is 0 Å². The zero-order valence-corrected chi connectivity index (χ0v) is 4.12. The number of rotatable bonds is 4. The molecule has 0 radical (unpaired) electrons. The summed E-state index contributed by atoms with van der Waals surface area (Å²) in [6, 6.07) is 0. The smallest absolute Gasteiger partial charge is 0.344 e. The summed E-state index contributed by atoms with van der Waals surface area (Å²) in [6.45, 7) is -7.27. The van der Waals surface area contributed by atoms with Crippen molar-refractivity contribution >= 4 is 11.9 Å². The number of carbonyl (C=O) groups excluding carboxylic acids is 2. The van der Waals surface area contributed by atoms with E-state index in [0.717, 1.165) is 0 Å². The summed E-state index contributed by atoms with van der Waals surface area (Å²) in [4.78, 5) is 21.5. The van der Waals surface area contributed by atoms with E-state index in [2.05, 4.69) is 0 Å². The molecular formula is C4H8N2O3. The number of hydrogen-bond acceptors (Lipinski definition) is 3. The second-order valence-electron chi connectivity index (χ2n) is 0.928. The fourth-order valence-electron chi connectivity index (χ4n) is 0.121. The lowest BCUT2D eigenvalue weighted by molar-refractivity contribution is -0.355. The molecule has 0 aromatic rings. The number of nitrogens with one attached hydrogen (secondary N) is 1. The highest BCUT2D eigenvalue weighted by Gasteiger charge is 1.95. The number of carboxylic acids is 1. The Morgan fingerprint density at radius 3 is 3.11 bits per heavy atom. The van der Waals surface area contributed by atoms with Gasteiger partial charge in [-0.05, 0) is 0 Å². The van der Waals surface area contributed by atoms with Crippen molar-refractivity contribution in [2.75, 3.05) is 13.0 Å². The molecule has 0 rings (SSSR count). The summed E-state index contributed by atoms with van der Waals surface area (Å²) in [5.41, 5.74) is -2.79. The van der Waals surface area contributed by atoms with Gasteiger partial charge in [0.1, 0.15) is 2.74 Å². The molecule has 0 bridgehead atoms. The van der Waals surface area contributed by atoms with E-state index in [4.69, 9.17) is 11.1 Å². The first-order chi connectivity index (χ1) is 7.26. The Bertz CT molecular complexity index is 338. The van der Waals surface area contributed by atoms with Gasteiger partial charge in [-0.2, -0.15) is 0 Å². The molecule has 5 nitrogen and oxygen atoms in total. The molecule has 0 unspecified atom stereocenters. The summed E-state index contributed by atoms with van der Waals surface area (Å²) >= 11 is 0. The van der Waals surface area contributed by atoms with Crippen LogP contribution in [0.25, 0.3) is 0 Å². The Labute approximate surface area is 63.3 Å². The maximum atomic E-state index is 11.2. The van der Waals surface area contributed by atoms with Crippen LogP contribution in [0.3, 0.4) is 0 Å². The lowest BCUT2D eigenvalue weighted by atomic mass is 10.5. The second-order valence-corrected chi connectivity index (χ2v) is 0.928. The largest absolute Gasteiger partial charge is 0.548 e. The maximum absolute atomic E-state index is 11.2. The van der Waals surface area contributed by atoms with Gasteiger partial charge in [0.25, 0.3) is 5.91 Å². The average molecular weight is 140 g/mol. The van der Waals surface area contributed by atoms with Crippen molar-refractivity contribution in [3.8, 4) is 0 Å². The minimum absolute atomic E-state index is 0.910. The lowest BCUT2D eigenvalue weighted by Crippen LogP contribution is -2.58. The Morgan fingerprint density at radius 1 is 2.00 bits per heavy atom. The van der Waals surface area contributed by atoms with Gasteiger partial charge in [-0.3, -0.25) is 4.79 Å². The molecular weight excluding hydrogens is 124 g/mol. The first-order valence-corrected chi connectivity index (χ1v) is 1.78. The third kappa shape index (κ3) is 4.76. The number of carboxylic acid groups (broad SMARTS) is 1. The summed E-state index contributed by atoms with van der Waals surface area (Å²) < 4.78 is 54.2. The standard InChI is InChI=1S/C4H8N2O3/c5-1-3(7)6-2-4(8)9/h1-2,5H2,(H,6,7)(H,8,9)/i1D2,2D2/hD4. The Morgan fingerprint density at radius 2 is 2.67 bits per heavy atom. The molecule has 5 heteroatoms. The van der Waals surface area contributed by atoms with Crippen LogP contribution < -0.4 is 16.1 Å². The van der Waals surface area contributed by atoms with Gasteiger partial charge in [0.2, 0.25) is 0 Å². The Balaban J connectivity index is 5.29. The van der Waals surface area contributed by atoms with E-state index in [1.807, 2.05) is 0 Å². The van der Waals surface area contributed by atoms with Crippen molar-refractivity contribution in [3.05, 3.63) is 0 Å². The highest BCUT2D eigenvalue weighted by molar-refractivity contribution is 5.80. The molecule has 0 atom stereocenters. The highest BCUT2D eigenvalue weighted by atomic mass is 16.4. The zero-order chi connectivity index (χ0) is 14.2. The number of hydrogen-bond donors (Lipinski definition) is 2. The highest BCUT2D eigenvalue weighted by Crippen LogP contribution is 1.56. The SMILES string of the molecule is [2H]N(C(=O)C([2H])([2H])[N+]([2H])([2H])[2H])C([2H])([2H])C(=O)[O-]. The van der Waals surface area contributed by atoms with Crippen LogP contribution in [0.2, 0.25) is 5.65 Å². The first kappa shape index (κ1) is 1.69. The number of amides is 1. The Hall–Kier alpha value is -1.10. The van der Waals surface area contributed by atoms with Gasteiger partial charge in [-0.1, -0.05) is 0 Å². The van der Waals surface area contributed by atoms with Crippen LogP contribution in [0.15, 0.2) is 0 Å². The molecule has 0 saturated carbocycles. The van der Waals surface area contributed by atoms with Gasteiger partial charge in [-0.25, -0.2) is 0 Å². The monoisotopic (exact) mass is 140 g/mol.